The van der Waals surface area contributed by atoms with E-state index in [1.165, 1.54) is 60.1 Å². The molecule has 0 radical (unpaired) electrons. The van der Waals surface area contributed by atoms with E-state index in [-0.39, 0.29) is 0 Å². The lowest BCUT2D eigenvalue weighted by Gasteiger charge is -2.13. The van der Waals surface area contributed by atoms with Gasteiger partial charge in [-0.15, -0.1) is 0 Å². The minimum absolute atomic E-state index is 0.968. The lowest BCUT2D eigenvalue weighted by Crippen LogP contribution is -1.91. The second kappa shape index (κ2) is 11.8. The zero-order valence-corrected chi connectivity index (χ0v) is 26.3. The maximum Gasteiger partial charge on any atom is 0.0715 e. The summed E-state index contributed by atoms with van der Waals surface area (Å²) in [5, 5.41) is 7.76. The van der Waals surface area contributed by atoms with Gasteiger partial charge in [0.2, 0.25) is 0 Å². The Balaban J connectivity index is 1.14. The highest BCUT2D eigenvalue weighted by molar-refractivity contribution is 6.25. The fourth-order valence-electron chi connectivity index (χ4n) is 7.05. The van der Waals surface area contributed by atoms with Gasteiger partial charge in [0.05, 0.1) is 11.4 Å². The third-order valence-corrected chi connectivity index (χ3v) is 9.43. The first-order chi connectivity index (χ1) is 23.8. The molecule has 1 heterocycles. The van der Waals surface area contributed by atoms with Gasteiger partial charge in [-0.2, -0.15) is 0 Å². The van der Waals surface area contributed by atoms with Gasteiger partial charge in [0, 0.05) is 11.1 Å². The monoisotopic (exact) mass is 609 g/mol. The number of hydrogen-bond acceptors (Lipinski definition) is 1. The standard InChI is InChI=1S/C47H31N/c1-3-13-32(14-4-1)46-30-39(31-47(48-46)33-15-5-2-6-16-33)37-20-12-18-35(28-37)34-17-11-19-36(27-34)38-25-26-44-42-23-8-7-21-40(42)41-22-9-10-24-43(41)45(44)29-38/h1-31H. The quantitative estimate of drug-likeness (QED) is 0.177. The number of nitrogens with zero attached hydrogens (tertiary/aromatic N) is 1. The van der Waals surface area contributed by atoms with Gasteiger partial charge in [0.25, 0.3) is 0 Å². The molecule has 0 spiro atoms. The van der Waals surface area contributed by atoms with E-state index < -0.39 is 0 Å². The molecule has 1 nitrogen and oxygen atoms in total. The topological polar surface area (TPSA) is 12.9 Å². The molecule has 0 amide bonds. The molecule has 0 bridgehead atoms. The molecule has 0 saturated carbocycles. The Morgan fingerprint density at radius 1 is 0.208 bits per heavy atom. The predicted molar refractivity (Wildman–Crippen MR) is 204 cm³/mol. The lowest BCUT2D eigenvalue weighted by molar-refractivity contribution is 1.32. The van der Waals surface area contributed by atoms with Crippen LogP contribution in [0.1, 0.15) is 0 Å². The minimum atomic E-state index is 0.968. The summed E-state index contributed by atoms with van der Waals surface area (Å²) in [4.78, 5) is 5.08. The molecular formula is C47H31N. The molecule has 0 unspecified atom stereocenters. The van der Waals surface area contributed by atoms with E-state index >= 15 is 0 Å². The van der Waals surface area contributed by atoms with E-state index in [0.717, 1.165) is 28.1 Å². The maximum atomic E-state index is 5.08. The minimum Gasteiger partial charge on any atom is -0.248 e. The molecule has 0 N–H and O–H groups in total. The van der Waals surface area contributed by atoms with Crippen LogP contribution < -0.4 is 0 Å². The van der Waals surface area contributed by atoms with Crippen LogP contribution in [-0.4, -0.2) is 4.98 Å². The van der Waals surface area contributed by atoms with Gasteiger partial charge in [-0.25, -0.2) is 4.98 Å². The highest BCUT2D eigenvalue weighted by Crippen LogP contribution is 2.38. The van der Waals surface area contributed by atoms with Crippen LogP contribution in [0.25, 0.3) is 88.2 Å². The molecule has 8 aromatic carbocycles. The Hall–Kier alpha value is -6.31. The van der Waals surface area contributed by atoms with Gasteiger partial charge < -0.3 is 0 Å². The summed E-state index contributed by atoms with van der Waals surface area (Å²) in [7, 11) is 0. The van der Waals surface area contributed by atoms with Crippen LogP contribution in [0.4, 0.5) is 0 Å². The second-order valence-electron chi connectivity index (χ2n) is 12.4. The van der Waals surface area contributed by atoms with Crippen molar-refractivity contribution in [2.24, 2.45) is 0 Å². The van der Waals surface area contributed by atoms with Crippen molar-refractivity contribution in [1.82, 2.24) is 4.98 Å². The summed E-state index contributed by atoms with van der Waals surface area (Å²) in [6.45, 7) is 0. The van der Waals surface area contributed by atoms with E-state index in [1.807, 2.05) is 12.1 Å². The Kier molecular flexibility index (Phi) is 6.87. The molecule has 0 aliphatic rings. The van der Waals surface area contributed by atoms with E-state index in [9.17, 15) is 0 Å². The van der Waals surface area contributed by atoms with Crippen molar-refractivity contribution < 1.29 is 0 Å². The molecule has 0 fully saturated rings. The van der Waals surface area contributed by atoms with Crippen molar-refractivity contribution in [3.05, 3.63) is 188 Å². The number of fused-ring (bicyclic) bond motifs is 6. The van der Waals surface area contributed by atoms with Crippen molar-refractivity contribution >= 4 is 32.3 Å². The molecule has 0 aliphatic heterocycles. The van der Waals surface area contributed by atoms with Crippen molar-refractivity contribution in [2.75, 3.05) is 0 Å². The van der Waals surface area contributed by atoms with Gasteiger partial charge in [0.15, 0.2) is 0 Å². The molecular weight excluding hydrogens is 579 g/mol. The van der Waals surface area contributed by atoms with Crippen LogP contribution in [-0.2, 0) is 0 Å². The van der Waals surface area contributed by atoms with Crippen LogP contribution >= 0.6 is 0 Å². The predicted octanol–water partition coefficient (Wildman–Crippen LogP) is 12.9. The number of pyridine rings is 1. The lowest BCUT2D eigenvalue weighted by atomic mass is 9.91. The zero-order chi connectivity index (χ0) is 31.9. The highest BCUT2D eigenvalue weighted by Gasteiger charge is 2.12. The van der Waals surface area contributed by atoms with Gasteiger partial charge >= 0.3 is 0 Å². The number of benzene rings is 8. The first kappa shape index (κ1) is 28.0. The fourth-order valence-corrected chi connectivity index (χ4v) is 7.05. The summed E-state index contributed by atoms with van der Waals surface area (Å²) in [6, 6.07) is 67.6. The number of rotatable bonds is 5. The first-order valence-corrected chi connectivity index (χ1v) is 16.5. The summed E-state index contributed by atoms with van der Waals surface area (Å²) in [6.07, 6.45) is 0. The third kappa shape index (κ3) is 5.03. The number of aromatic nitrogens is 1. The molecule has 1 heteroatoms. The molecule has 224 valence electrons. The van der Waals surface area contributed by atoms with Crippen LogP contribution in [0, 0.1) is 0 Å². The normalized spacial score (nSPS) is 11.3. The van der Waals surface area contributed by atoms with Crippen molar-refractivity contribution in [1.29, 1.82) is 0 Å². The van der Waals surface area contributed by atoms with E-state index in [2.05, 4.69) is 176 Å². The number of hydrogen-bond donors (Lipinski definition) is 0. The van der Waals surface area contributed by atoms with Crippen LogP contribution in [0.15, 0.2) is 188 Å². The summed E-state index contributed by atoms with van der Waals surface area (Å²) >= 11 is 0. The fraction of sp³-hybridized carbons (Fsp3) is 0. The van der Waals surface area contributed by atoms with Crippen molar-refractivity contribution in [2.45, 2.75) is 0 Å². The van der Waals surface area contributed by atoms with Gasteiger partial charge in [0.1, 0.15) is 0 Å². The van der Waals surface area contributed by atoms with Gasteiger partial charge in [-0.1, -0.05) is 158 Å². The Bertz CT molecular complexity index is 2510. The average molecular weight is 610 g/mol. The Morgan fingerprint density at radius 2 is 0.562 bits per heavy atom. The molecule has 0 aliphatic carbocycles. The van der Waals surface area contributed by atoms with E-state index in [1.54, 1.807) is 0 Å². The summed E-state index contributed by atoms with van der Waals surface area (Å²) in [5.41, 5.74) is 11.3. The molecule has 1 aromatic heterocycles. The molecule has 48 heavy (non-hydrogen) atoms. The first-order valence-electron chi connectivity index (χ1n) is 16.5. The van der Waals surface area contributed by atoms with E-state index in [0.29, 0.717) is 0 Å². The largest absolute Gasteiger partial charge is 0.248 e. The molecule has 0 saturated heterocycles. The van der Waals surface area contributed by atoms with Gasteiger partial charge in [-0.05, 0) is 96.0 Å². The molecule has 9 rings (SSSR count). The average Bonchev–Trinajstić information content (AvgIpc) is 3.18. The third-order valence-electron chi connectivity index (χ3n) is 9.43. The molecule has 9 aromatic rings. The van der Waals surface area contributed by atoms with Crippen molar-refractivity contribution in [3.8, 4) is 55.9 Å². The highest BCUT2D eigenvalue weighted by atomic mass is 14.7. The van der Waals surface area contributed by atoms with Gasteiger partial charge in [-0.3, -0.25) is 0 Å². The zero-order valence-electron chi connectivity index (χ0n) is 26.3. The summed E-state index contributed by atoms with van der Waals surface area (Å²) < 4.78 is 0. The Labute approximate surface area is 280 Å². The SMILES string of the molecule is c1ccc(-c2cc(-c3cccc(-c4cccc(-c5ccc6c7ccccc7c7ccccc7c6c5)c4)c3)cc(-c3ccccc3)n2)cc1. The van der Waals surface area contributed by atoms with Crippen LogP contribution in [0.5, 0.6) is 0 Å². The van der Waals surface area contributed by atoms with Crippen LogP contribution in [0.3, 0.4) is 0 Å². The summed E-state index contributed by atoms with van der Waals surface area (Å²) in [5.74, 6) is 0. The van der Waals surface area contributed by atoms with E-state index in [4.69, 9.17) is 4.98 Å². The van der Waals surface area contributed by atoms with Crippen molar-refractivity contribution in [3.63, 3.8) is 0 Å². The van der Waals surface area contributed by atoms with Crippen LogP contribution in [0.2, 0.25) is 0 Å². The second-order valence-corrected chi connectivity index (χ2v) is 12.4. The molecule has 0 atom stereocenters. The smallest absolute Gasteiger partial charge is 0.0715 e. The Morgan fingerprint density at radius 3 is 1.04 bits per heavy atom. The maximum absolute atomic E-state index is 5.08.